The number of carbonyl (C=O) groups excluding carboxylic acids is 2. The molecule has 0 spiro atoms. The Morgan fingerprint density at radius 2 is 2.12 bits per heavy atom. The highest BCUT2D eigenvalue weighted by Gasteiger charge is 2.39. The summed E-state index contributed by atoms with van der Waals surface area (Å²) in [5.41, 5.74) is 0.436. The number of alkyl halides is 3. The number of carbonyl (C=O) groups is 2. The van der Waals surface area contributed by atoms with Gasteiger partial charge in [-0.2, -0.15) is 0 Å². The standard InChI is InChI=1S/C15H14F3N3O3S/c1-7-4-9(7)13(23)19-6-12(22)21-14-20-10-3-2-8(5-11(10)25-14)24-15(16,17)18/h2-3,5,7,9H,4,6H2,1H3,(H,19,23)(H,20,21,22)/t7-,9-/m1/s1. The van der Waals surface area contributed by atoms with Crippen molar-refractivity contribution in [2.45, 2.75) is 19.7 Å². The predicted octanol–water partition coefficient (Wildman–Crippen LogP) is 2.91. The van der Waals surface area contributed by atoms with Crippen LogP contribution in [0.2, 0.25) is 0 Å². The molecule has 2 atom stereocenters. The molecule has 10 heteroatoms. The maximum Gasteiger partial charge on any atom is 0.573 e. The minimum absolute atomic E-state index is 0.0256. The molecule has 0 unspecified atom stereocenters. The molecule has 1 aromatic carbocycles. The van der Waals surface area contributed by atoms with Gasteiger partial charge in [-0.05, 0) is 24.5 Å². The van der Waals surface area contributed by atoms with Crippen LogP contribution in [0.15, 0.2) is 18.2 Å². The molecule has 2 aromatic rings. The third kappa shape index (κ3) is 4.59. The molecule has 1 aromatic heterocycles. The Hall–Kier alpha value is -2.36. The molecule has 1 heterocycles. The number of benzene rings is 1. The van der Waals surface area contributed by atoms with Gasteiger partial charge in [0.1, 0.15) is 5.75 Å². The molecule has 25 heavy (non-hydrogen) atoms. The van der Waals surface area contributed by atoms with Gasteiger partial charge in [-0.15, -0.1) is 13.2 Å². The molecular weight excluding hydrogens is 359 g/mol. The van der Waals surface area contributed by atoms with Gasteiger partial charge >= 0.3 is 6.36 Å². The van der Waals surface area contributed by atoms with Gasteiger partial charge in [0.2, 0.25) is 11.8 Å². The number of rotatable bonds is 5. The predicted molar refractivity (Wildman–Crippen MR) is 85.2 cm³/mol. The number of thiazole rings is 1. The van der Waals surface area contributed by atoms with Crippen LogP contribution in [-0.4, -0.2) is 29.7 Å². The highest BCUT2D eigenvalue weighted by molar-refractivity contribution is 7.22. The molecular formula is C15H14F3N3O3S. The summed E-state index contributed by atoms with van der Waals surface area (Å²) in [4.78, 5) is 27.6. The Labute approximate surface area is 144 Å². The highest BCUT2D eigenvalue weighted by Crippen LogP contribution is 2.37. The fraction of sp³-hybridized carbons (Fsp3) is 0.400. The Balaban J connectivity index is 1.59. The van der Waals surface area contributed by atoms with Crippen LogP contribution in [0.3, 0.4) is 0 Å². The molecule has 0 saturated heterocycles. The van der Waals surface area contributed by atoms with Crippen molar-refractivity contribution in [1.82, 2.24) is 10.3 Å². The zero-order valence-corrected chi connectivity index (χ0v) is 13.8. The zero-order valence-electron chi connectivity index (χ0n) is 13.0. The van der Waals surface area contributed by atoms with Gasteiger partial charge in [0.05, 0.1) is 16.8 Å². The maximum atomic E-state index is 12.2. The molecule has 2 N–H and O–H groups in total. The first kappa shape index (κ1) is 17.5. The number of nitrogens with one attached hydrogen (secondary N) is 2. The van der Waals surface area contributed by atoms with E-state index in [1.165, 1.54) is 12.1 Å². The summed E-state index contributed by atoms with van der Waals surface area (Å²) >= 11 is 1.02. The van der Waals surface area contributed by atoms with Crippen LogP contribution in [0.5, 0.6) is 5.75 Å². The summed E-state index contributed by atoms with van der Waals surface area (Å²) in [6.07, 6.45) is -3.94. The molecule has 0 radical (unpaired) electrons. The Morgan fingerprint density at radius 3 is 2.76 bits per heavy atom. The van der Waals surface area contributed by atoms with Crippen molar-refractivity contribution < 1.29 is 27.5 Å². The van der Waals surface area contributed by atoms with Crippen molar-refractivity contribution in [3.05, 3.63) is 18.2 Å². The van der Waals surface area contributed by atoms with Crippen LogP contribution in [0.4, 0.5) is 18.3 Å². The maximum absolute atomic E-state index is 12.2. The molecule has 1 aliphatic rings. The van der Waals surface area contributed by atoms with Crippen molar-refractivity contribution in [3.63, 3.8) is 0 Å². The van der Waals surface area contributed by atoms with Crippen molar-refractivity contribution >= 4 is 38.5 Å². The molecule has 1 fully saturated rings. The quantitative estimate of drug-likeness (QED) is 0.845. The summed E-state index contributed by atoms with van der Waals surface area (Å²) in [6.45, 7) is 1.78. The van der Waals surface area contributed by atoms with E-state index in [1.807, 2.05) is 6.92 Å². The van der Waals surface area contributed by atoms with Crippen LogP contribution >= 0.6 is 11.3 Å². The van der Waals surface area contributed by atoms with E-state index in [-0.39, 0.29) is 29.3 Å². The smallest absolute Gasteiger partial charge is 0.406 e. The third-order valence-electron chi connectivity index (χ3n) is 3.71. The van der Waals surface area contributed by atoms with Gasteiger partial charge in [-0.3, -0.25) is 9.59 Å². The van der Waals surface area contributed by atoms with E-state index in [4.69, 9.17) is 0 Å². The normalized spacial score (nSPS) is 19.5. The number of hydrogen-bond acceptors (Lipinski definition) is 5. The number of amides is 2. The fourth-order valence-electron chi connectivity index (χ4n) is 2.30. The molecule has 6 nitrogen and oxygen atoms in total. The summed E-state index contributed by atoms with van der Waals surface area (Å²) in [6, 6.07) is 3.73. The van der Waals surface area contributed by atoms with E-state index in [0.717, 1.165) is 23.8 Å². The second kappa shape index (κ2) is 6.51. The van der Waals surface area contributed by atoms with Crippen molar-refractivity contribution in [2.24, 2.45) is 11.8 Å². The molecule has 3 rings (SSSR count). The Morgan fingerprint density at radius 1 is 1.40 bits per heavy atom. The second-order valence-corrected chi connectivity index (χ2v) is 6.81. The van der Waals surface area contributed by atoms with Gasteiger partial charge in [-0.1, -0.05) is 18.3 Å². The number of hydrogen-bond donors (Lipinski definition) is 2. The minimum Gasteiger partial charge on any atom is -0.406 e. The second-order valence-electron chi connectivity index (χ2n) is 5.78. The number of ether oxygens (including phenoxy) is 1. The molecule has 1 saturated carbocycles. The Bertz CT molecular complexity index is 821. The first-order valence-electron chi connectivity index (χ1n) is 7.45. The summed E-state index contributed by atoms with van der Waals surface area (Å²) in [5, 5.41) is 5.29. The number of aromatic nitrogens is 1. The van der Waals surface area contributed by atoms with Crippen LogP contribution in [-0.2, 0) is 9.59 Å². The number of fused-ring (bicyclic) bond motifs is 1. The van der Waals surface area contributed by atoms with Gasteiger partial charge in [0, 0.05) is 12.0 Å². The number of anilines is 1. The minimum atomic E-state index is -4.77. The summed E-state index contributed by atoms with van der Waals surface area (Å²) in [5.74, 6) is -0.636. The van der Waals surface area contributed by atoms with Crippen molar-refractivity contribution in [2.75, 3.05) is 11.9 Å². The van der Waals surface area contributed by atoms with Crippen LogP contribution in [0, 0.1) is 11.8 Å². The monoisotopic (exact) mass is 373 g/mol. The SMILES string of the molecule is C[C@@H]1C[C@H]1C(=O)NCC(=O)Nc1nc2ccc(OC(F)(F)F)cc2s1. The molecule has 0 aliphatic heterocycles. The van der Waals surface area contributed by atoms with Gasteiger partial charge in [0.15, 0.2) is 5.13 Å². The first-order valence-corrected chi connectivity index (χ1v) is 8.27. The Kier molecular flexibility index (Phi) is 4.55. The lowest BCUT2D eigenvalue weighted by Crippen LogP contribution is -2.34. The molecule has 1 aliphatic carbocycles. The lowest BCUT2D eigenvalue weighted by atomic mass is 10.3. The van der Waals surface area contributed by atoms with E-state index < -0.39 is 12.3 Å². The average Bonchev–Trinajstić information content (AvgIpc) is 3.09. The highest BCUT2D eigenvalue weighted by atomic mass is 32.1. The zero-order chi connectivity index (χ0) is 18.2. The van der Waals surface area contributed by atoms with E-state index in [0.29, 0.717) is 16.1 Å². The third-order valence-corrected chi connectivity index (χ3v) is 4.64. The lowest BCUT2D eigenvalue weighted by molar-refractivity contribution is -0.274. The fourth-order valence-corrected chi connectivity index (χ4v) is 3.22. The number of nitrogens with zero attached hydrogens (tertiary/aromatic N) is 1. The van der Waals surface area contributed by atoms with Gasteiger partial charge in [-0.25, -0.2) is 4.98 Å². The topological polar surface area (TPSA) is 80.3 Å². The van der Waals surface area contributed by atoms with Gasteiger partial charge < -0.3 is 15.4 Å². The van der Waals surface area contributed by atoms with E-state index >= 15 is 0 Å². The molecule has 134 valence electrons. The van der Waals surface area contributed by atoms with Crippen LogP contribution < -0.4 is 15.4 Å². The van der Waals surface area contributed by atoms with Crippen molar-refractivity contribution in [3.8, 4) is 5.75 Å². The summed E-state index contributed by atoms with van der Waals surface area (Å²) < 4.78 is 41.0. The van der Waals surface area contributed by atoms with E-state index in [9.17, 15) is 22.8 Å². The lowest BCUT2D eigenvalue weighted by Gasteiger charge is -2.07. The molecule has 0 bridgehead atoms. The largest absolute Gasteiger partial charge is 0.573 e. The average molecular weight is 373 g/mol. The van der Waals surface area contributed by atoms with Gasteiger partial charge in [0.25, 0.3) is 0 Å². The number of halogens is 3. The first-order chi connectivity index (χ1) is 11.7. The molecule has 2 amide bonds. The van der Waals surface area contributed by atoms with Crippen LogP contribution in [0.1, 0.15) is 13.3 Å². The van der Waals surface area contributed by atoms with E-state index in [1.54, 1.807) is 0 Å². The van der Waals surface area contributed by atoms with Crippen LogP contribution in [0.25, 0.3) is 10.2 Å². The van der Waals surface area contributed by atoms with Crippen molar-refractivity contribution in [1.29, 1.82) is 0 Å². The summed E-state index contributed by atoms with van der Waals surface area (Å²) in [7, 11) is 0. The van der Waals surface area contributed by atoms with E-state index in [2.05, 4.69) is 20.4 Å².